The van der Waals surface area contributed by atoms with Crippen LogP contribution in [-0.4, -0.2) is 40.8 Å². The molecule has 0 unspecified atom stereocenters. The third-order valence-electron chi connectivity index (χ3n) is 3.86. The molecule has 1 heterocycles. The summed E-state index contributed by atoms with van der Waals surface area (Å²) >= 11 is 0. The highest BCUT2D eigenvalue weighted by Gasteiger charge is 2.24. The van der Waals surface area contributed by atoms with Crippen molar-refractivity contribution in [2.45, 2.75) is 52.0 Å². The van der Waals surface area contributed by atoms with Crippen molar-refractivity contribution in [2.24, 2.45) is 0 Å². The minimum absolute atomic E-state index is 0.164. The molecule has 20 heavy (non-hydrogen) atoms. The summed E-state index contributed by atoms with van der Waals surface area (Å²) in [6.45, 7) is 5.86. The van der Waals surface area contributed by atoms with E-state index in [1.807, 2.05) is 13.1 Å². The van der Waals surface area contributed by atoms with Crippen LogP contribution in [0.1, 0.15) is 44.6 Å². The zero-order chi connectivity index (χ0) is 14.4. The molecule has 2 N–H and O–H groups in total. The molecule has 1 aromatic rings. The fourth-order valence-electron chi connectivity index (χ4n) is 2.83. The van der Waals surface area contributed by atoms with E-state index in [0.29, 0.717) is 18.5 Å². The van der Waals surface area contributed by atoms with E-state index in [-0.39, 0.29) is 6.61 Å². The monoisotopic (exact) mass is 278 g/mol. The lowest BCUT2D eigenvalue weighted by atomic mass is 10.2. The highest BCUT2D eigenvalue weighted by molar-refractivity contribution is 5.50. The maximum atomic E-state index is 9.36. The average Bonchev–Trinajstić information content (AvgIpc) is 2.98. The lowest BCUT2D eigenvalue weighted by Crippen LogP contribution is -2.37. The highest BCUT2D eigenvalue weighted by Crippen LogP contribution is 2.29. The van der Waals surface area contributed by atoms with Crippen LogP contribution in [0, 0.1) is 6.92 Å². The van der Waals surface area contributed by atoms with Crippen LogP contribution in [0.5, 0.6) is 0 Å². The molecule has 0 radical (unpaired) electrons. The smallest absolute Gasteiger partial charge is 0.224 e. The molecular formula is C15H26N4O. The van der Waals surface area contributed by atoms with Crippen LogP contribution in [0.15, 0.2) is 6.20 Å². The zero-order valence-corrected chi connectivity index (χ0v) is 12.6. The number of aliphatic hydroxyl groups is 1. The molecule has 112 valence electrons. The Morgan fingerprint density at radius 3 is 2.80 bits per heavy atom. The minimum atomic E-state index is 0.164. The van der Waals surface area contributed by atoms with Crippen LogP contribution < -0.4 is 10.2 Å². The Balaban J connectivity index is 2.21. The van der Waals surface area contributed by atoms with Gasteiger partial charge in [-0.1, -0.05) is 19.8 Å². The molecule has 0 spiro atoms. The summed E-state index contributed by atoms with van der Waals surface area (Å²) in [6, 6.07) is 0.509. The Morgan fingerprint density at radius 2 is 2.15 bits per heavy atom. The van der Waals surface area contributed by atoms with Crippen LogP contribution in [0.25, 0.3) is 0 Å². The standard InChI is InChI=1S/C15H26N4O/c1-3-8-16-15-17-11-12(2)14(18-15)19(9-10-20)13-6-4-5-7-13/h11,13,20H,3-10H2,1-2H3,(H,16,17,18). The average molecular weight is 278 g/mol. The molecule has 1 aromatic heterocycles. The summed E-state index contributed by atoms with van der Waals surface area (Å²) in [7, 11) is 0. The van der Waals surface area contributed by atoms with Gasteiger partial charge in [-0.3, -0.25) is 0 Å². The number of hydrogen-bond acceptors (Lipinski definition) is 5. The van der Waals surface area contributed by atoms with Crippen LogP contribution in [-0.2, 0) is 0 Å². The van der Waals surface area contributed by atoms with Crippen molar-refractivity contribution in [2.75, 3.05) is 29.9 Å². The van der Waals surface area contributed by atoms with Crippen molar-refractivity contribution in [3.63, 3.8) is 0 Å². The third kappa shape index (κ3) is 3.60. The second-order valence-corrected chi connectivity index (χ2v) is 5.48. The first-order valence-electron chi connectivity index (χ1n) is 7.71. The van der Waals surface area contributed by atoms with Crippen LogP contribution in [0.4, 0.5) is 11.8 Å². The van der Waals surface area contributed by atoms with Gasteiger partial charge in [0.05, 0.1) is 6.61 Å². The largest absolute Gasteiger partial charge is 0.395 e. The fourth-order valence-corrected chi connectivity index (χ4v) is 2.83. The van der Waals surface area contributed by atoms with Gasteiger partial charge in [-0.2, -0.15) is 4.98 Å². The zero-order valence-electron chi connectivity index (χ0n) is 12.6. The van der Waals surface area contributed by atoms with Crippen molar-refractivity contribution in [3.05, 3.63) is 11.8 Å². The van der Waals surface area contributed by atoms with Gasteiger partial charge in [0.1, 0.15) is 5.82 Å². The second kappa shape index (κ2) is 7.43. The number of aromatic nitrogens is 2. The van der Waals surface area contributed by atoms with Gasteiger partial charge in [-0.15, -0.1) is 0 Å². The number of aryl methyl sites for hydroxylation is 1. The van der Waals surface area contributed by atoms with Gasteiger partial charge >= 0.3 is 0 Å². The second-order valence-electron chi connectivity index (χ2n) is 5.48. The number of aliphatic hydroxyl groups excluding tert-OH is 1. The molecule has 5 heteroatoms. The first-order valence-corrected chi connectivity index (χ1v) is 7.71. The molecule has 0 aromatic carbocycles. The Hall–Kier alpha value is -1.36. The number of nitrogens with one attached hydrogen (secondary N) is 1. The van der Waals surface area contributed by atoms with Crippen molar-refractivity contribution in [3.8, 4) is 0 Å². The summed E-state index contributed by atoms with van der Waals surface area (Å²) in [5, 5.41) is 12.6. The van der Waals surface area contributed by atoms with Crippen molar-refractivity contribution < 1.29 is 5.11 Å². The molecule has 2 rings (SSSR count). The van der Waals surface area contributed by atoms with Crippen molar-refractivity contribution in [1.29, 1.82) is 0 Å². The highest BCUT2D eigenvalue weighted by atomic mass is 16.3. The van der Waals surface area contributed by atoms with Crippen LogP contribution >= 0.6 is 0 Å². The van der Waals surface area contributed by atoms with Gasteiger partial charge in [0.2, 0.25) is 5.95 Å². The maximum absolute atomic E-state index is 9.36. The Bertz CT molecular complexity index is 418. The summed E-state index contributed by atoms with van der Waals surface area (Å²) in [5.41, 5.74) is 1.08. The molecule has 0 amide bonds. The lowest BCUT2D eigenvalue weighted by molar-refractivity contribution is 0.296. The molecule has 1 saturated carbocycles. The van der Waals surface area contributed by atoms with E-state index >= 15 is 0 Å². The van der Waals surface area contributed by atoms with E-state index in [1.54, 1.807) is 0 Å². The van der Waals surface area contributed by atoms with Crippen molar-refractivity contribution >= 4 is 11.8 Å². The van der Waals surface area contributed by atoms with Gasteiger partial charge in [-0.05, 0) is 26.2 Å². The normalized spacial score (nSPS) is 15.6. The Kier molecular flexibility index (Phi) is 5.59. The van der Waals surface area contributed by atoms with Gasteiger partial charge in [-0.25, -0.2) is 4.98 Å². The van der Waals surface area contributed by atoms with E-state index in [4.69, 9.17) is 0 Å². The predicted molar refractivity (Wildman–Crippen MR) is 82.2 cm³/mol. The van der Waals surface area contributed by atoms with Gasteiger partial charge < -0.3 is 15.3 Å². The summed E-state index contributed by atoms with van der Waals surface area (Å²) in [4.78, 5) is 11.3. The number of nitrogens with zero attached hydrogens (tertiary/aromatic N) is 3. The molecule has 1 aliphatic carbocycles. The quantitative estimate of drug-likeness (QED) is 0.801. The fraction of sp³-hybridized carbons (Fsp3) is 0.733. The van der Waals surface area contributed by atoms with Gasteiger partial charge in [0, 0.05) is 30.9 Å². The molecule has 0 saturated heterocycles. The summed E-state index contributed by atoms with van der Waals surface area (Å²) in [6.07, 6.45) is 7.87. The van der Waals surface area contributed by atoms with E-state index in [9.17, 15) is 5.11 Å². The molecule has 1 fully saturated rings. The van der Waals surface area contributed by atoms with Gasteiger partial charge in [0.15, 0.2) is 0 Å². The van der Waals surface area contributed by atoms with E-state index in [0.717, 1.165) is 24.3 Å². The Labute approximate surface area is 121 Å². The number of rotatable bonds is 7. The number of hydrogen-bond donors (Lipinski definition) is 2. The molecule has 1 aliphatic rings. The summed E-state index contributed by atoms with van der Waals surface area (Å²) in [5.74, 6) is 1.66. The van der Waals surface area contributed by atoms with E-state index in [1.165, 1.54) is 25.7 Å². The first kappa shape index (κ1) is 15.0. The van der Waals surface area contributed by atoms with Crippen LogP contribution in [0.2, 0.25) is 0 Å². The molecule has 0 bridgehead atoms. The van der Waals surface area contributed by atoms with Gasteiger partial charge in [0.25, 0.3) is 0 Å². The third-order valence-corrected chi connectivity index (χ3v) is 3.86. The summed E-state index contributed by atoms with van der Waals surface area (Å²) < 4.78 is 0. The Morgan fingerprint density at radius 1 is 1.40 bits per heavy atom. The van der Waals surface area contributed by atoms with E-state index in [2.05, 4.69) is 27.1 Å². The van der Waals surface area contributed by atoms with Crippen LogP contribution in [0.3, 0.4) is 0 Å². The molecular weight excluding hydrogens is 252 g/mol. The van der Waals surface area contributed by atoms with E-state index < -0.39 is 0 Å². The first-order chi connectivity index (χ1) is 9.76. The SMILES string of the molecule is CCCNc1ncc(C)c(N(CCO)C2CCCC2)n1. The topological polar surface area (TPSA) is 61.3 Å². The number of anilines is 2. The molecule has 0 aliphatic heterocycles. The predicted octanol–water partition coefficient (Wildman–Crippen LogP) is 2.35. The lowest BCUT2D eigenvalue weighted by Gasteiger charge is -2.30. The van der Waals surface area contributed by atoms with Crippen molar-refractivity contribution in [1.82, 2.24) is 9.97 Å². The molecule has 0 atom stereocenters. The maximum Gasteiger partial charge on any atom is 0.224 e. The minimum Gasteiger partial charge on any atom is -0.395 e. The molecule has 5 nitrogen and oxygen atoms in total.